The van der Waals surface area contributed by atoms with Crippen molar-refractivity contribution in [2.45, 2.75) is 39.7 Å². The summed E-state index contributed by atoms with van der Waals surface area (Å²) in [5.74, 6) is -0.203. The predicted octanol–water partition coefficient (Wildman–Crippen LogP) is 4.04. The molecule has 0 aromatic heterocycles. The minimum absolute atomic E-state index is 0.0819. The lowest BCUT2D eigenvalue weighted by molar-refractivity contribution is 0.110. The van der Waals surface area contributed by atoms with Gasteiger partial charge in [-0.25, -0.2) is 4.39 Å². The zero-order valence-corrected chi connectivity index (χ0v) is 13.4. The molecule has 19 heavy (non-hydrogen) atoms. The van der Waals surface area contributed by atoms with Gasteiger partial charge in [-0.2, -0.15) is 0 Å². The van der Waals surface area contributed by atoms with Crippen molar-refractivity contribution in [2.24, 2.45) is 5.41 Å². The molecule has 0 heterocycles. The van der Waals surface area contributed by atoms with Crippen molar-refractivity contribution in [1.82, 2.24) is 5.32 Å². The highest BCUT2D eigenvalue weighted by atomic mass is 79.9. The standard InChI is InChI=1S/C15H23BrFNO/c1-4-15(5-2,10-19)9-18-11(3)13-8-12(16)6-7-14(13)17/h6-8,11,18-19H,4-5,9-10H2,1-3H3. The summed E-state index contributed by atoms with van der Waals surface area (Å²) in [6, 6.07) is 4.88. The first-order valence-electron chi connectivity index (χ1n) is 6.77. The van der Waals surface area contributed by atoms with E-state index in [1.54, 1.807) is 12.1 Å². The SMILES string of the molecule is CCC(CC)(CO)CNC(C)c1cc(Br)ccc1F. The summed E-state index contributed by atoms with van der Waals surface area (Å²) in [5, 5.41) is 12.9. The molecule has 0 radical (unpaired) electrons. The van der Waals surface area contributed by atoms with E-state index in [0.29, 0.717) is 12.1 Å². The van der Waals surface area contributed by atoms with E-state index < -0.39 is 0 Å². The van der Waals surface area contributed by atoms with Crippen molar-refractivity contribution in [2.75, 3.05) is 13.2 Å². The highest BCUT2D eigenvalue weighted by Gasteiger charge is 2.26. The normalized spacial score (nSPS) is 13.6. The molecule has 2 N–H and O–H groups in total. The fourth-order valence-electron chi connectivity index (χ4n) is 2.11. The van der Waals surface area contributed by atoms with Gasteiger partial charge in [-0.05, 0) is 38.0 Å². The van der Waals surface area contributed by atoms with E-state index in [2.05, 4.69) is 35.1 Å². The highest BCUT2D eigenvalue weighted by Crippen LogP contribution is 2.27. The topological polar surface area (TPSA) is 32.3 Å². The molecule has 2 nitrogen and oxygen atoms in total. The molecule has 0 bridgehead atoms. The molecule has 1 atom stereocenters. The second-order valence-corrected chi connectivity index (χ2v) is 6.05. The smallest absolute Gasteiger partial charge is 0.128 e. The van der Waals surface area contributed by atoms with Gasteiger partial charge in [0, 0.05) is 34.6 Å². The average Bonchev–Trinajstić information content (AvgIpc) is 2.43. The lowest BCUT2D eigenvalue weighted by Crippen LogP contribution is -2.37. The van der Waals surface area contributed by atoms with Gasteiger partial charge in [-0.3, -0.25) is 0 Å². The van der Waals surface area contributed by atoms with Crippen LogP contribution in [0, 0.1) is 11.2 Å². The van der Waals surface area contributed by atoms with Gasteiger partial charge in [0.15, 0.2) is 0 Å². The van der Waals surface area contributed by atoms with Crippen molar-refractivity contribution < 1.29 is 9.50 Å². The van der Waals surface area contributed by atoms with Gasteiger partial charge in [0.25, 0.3) is 0 Å². The zero-order valence-electron chi connectivity index (χ0n) is 11.8. The maximum atomic E-state index is 13.8. The van der Waals surface area contributed by atoms with Crippen LogP contribution in [0.1, 0.15) is 45.2 Å². The molecular weight excluding hydrogens is 309 g/mol. The maximum absolute atomic E-state index is 13.8. The third-order valence-corrected chi connectivity index (χ3v) is 4.54. The van der Waals surface area contributed by atoms with Crippen LogP contribution in [0.3, 0.4) is 0 Å². The Balaban J connectivity index is 2.74. The largest absolute Gasteiger partial charge is 0.396 e. The summed E-state index contributed by atoms with van der Waals surface area (Å²) < 4.78 is 14.6. The van der Waals surface area contributed by atoms with E-state index in [9.17, 15) is 9.50 Å². The van der Waals surface area contributed by atoms with Gasteiger partial charge in [-0.15, -0.1) is 0 Å². The Kier molecular flexibility index (Phi) is 6.43. The van der Waals surface area contributed by atoms with Crippen LogP contribution in [0.15, 0.2) is 22.7 Å². The van der Waals surface area contributed by atoms with Crippen LogP contribution in [0.4, 0.5) is 4.39 Å². The molecule has 0 aliphatic rings. The van der Waals surface area contributed by atoms with E-state index in [4.69, 9.17) is 0 Å². The number of hydrogen-bond donors (Lipinski definition) is 2. The summed E-state index contributed by atoms with van der Waals surface area (Å²) >= 11 is 3.36. The highest BCUT2D eigenvalue weighted by molar-refractivity contribution is 9.10. The summed E-state index contributed by atoms with van der Waals surface area (Å²) in [5.41, 5.74) is 0.532. The lowest BCUT2D eigenvalue weighted by atomic mass is 9.83. The molecule has 1 rings (SSSR count). The van der Waals surface area contributed by atoms with Gasteiger partial charge in [0.05, 0.1) is 0 Å². The zero-order chi connectivity index (χ0) is 14.5. The van der Waals surface area contributed by atoms with Crippen LogP contribution >= 0.6 is 15.9 Å². The van der Waals surface area contributed by atoms with Crippen molar-refractivity contribution in [3.8, 4) is 0 Å². The van der Waals surface area contributed by atoms with Crippen molar-refractivity contribution in [3.63, 3.8) is 0 Å². The Hall–Kier alpha value is -0.450. The maximum Gasteiger partial charge on any atom is 0.128 e. The van der Waals surface area contributed by atoms with Crippen LogP contribution in [0.2, 0.25) is 0 Å². The molecule has 4 heteroatoms. The van der Waals surface area contributed by atoms with Crippen molar-refractivity contribution >= 4 is 15.9 Å². The second-order valence-electron chi connectivity index (χ2n) is 5.13. The quantitative estimate of drug-likeness (QED) is 0.790. The first-order valence-corrected chi connectivity index (χ1v) is 7.56. The van der Waals surface area contributed by atoms with Crippen molar-refractivity contribution in [3.05, 3.63) is 34.1 Å². The summed E-state index contributed by atoms with van der Waals surface area (Å²) in [4.78, 5) is 0. The minimum Gasteiger partial charge on any atom is -0.396 e. The lowest BCUT2D eigenvalue weighted by Gasteiger charge is -2.31. The van der Waals surface area contributed by atoms with E-state index in [-0.39, 0.29) is 23.9 Å². The summed E-state index contributed by atoms with van der Waals surface area (Å²) in [6.07, 6.45) is 1.81. The number of hydrogen-bond acceptors (Lipinski definition) is 2. The van der Waals surface area contributed by atoms with Crippen LogP contribution in [0.25, 0.3) is 0 Å². The van der Waals surface area contributed by atoms with E-state index in [1.807, 2.05) is 6.92 Å². The molecule has 1 aromatic carbocycles. The minimum atomic E-state index is -0.203. The fraction of sp³-hybridized carbons (Fsp3) is 0.600. The first-order chi connectivity index (χ1) is 8.98. The van der Waals surface area contributed by atoms with E-state index in [1.165, 1.54) is 6.07 Å². The predicted molar refractivity (Wildman–Crippen MR) is 80.6 cm³/mol. The van der Waals surface area contributed by atoms with Gasteiger partial charge < -0.3 is 10.4 Å². The van der Waals surface area contributed by atoms with Crippen molar-refractivity contribution in [1.29, 1.82) is 0 Å². The number of nitrogens with one attached hydrogen (secondary N) is 1. The van der Waals surface area contributed by atoms with Gasteiger partial charge in [-0.1, -0.05) is 29.8 Å². The Labute approximate surface area is 123 Å². The van der Waals surface area contributed by atoms with Crippen LogP contribution in [0.5, 0.6) is 0 Å². The number of aliphatic hydroxyl groups is 1. The Morgan fingerprint density at radius 3 is 2.53 bits per heavy atom. The summed E-state index contributed by atoms with van der Waals surface area (Å²) in [7, 11) is 0. The molecule has 0 amide bonds. The van der Waals surface area contributed by atoms with E-state index >= 15 is 0 Å². The van der Waals surface area contributed by atoms with Crippen LogP contribution in [-0.4, -0.2) is 18.3 Å². The molecular formula is C15H23BrFNO. The van der Waals surface area contributed by atoms with Gasteiger partial charge in [0.2, 0.25) is 0 Å². The fourth-order valence-corrected chi connectivity index (χ4v) is 2.48. The molecule has 1 aromatic rings. The molecule has 0 aliphatic carbocycles. The Morgan fingerprint density at radius 2 is 2.00 bits per heavy atom. The molecule has 1 unspecified atom stereocenters. The summed E-state index contributed by atoms with van der Waals surface area (Å²) in [6.45, 7) is 6.93. The number of benzene rings is 1. The third kappa shape index (κ3) is 4.26. The Bertz CT molecular complexity index is 399. The molecule has 0 saturated heterocycles. The van der Waals surface area contributed by atoms with Crippen LogP contribution < -0.4 is 5.32 Å². The van der Waals surface area contributed by atoms with Crippen LogP contribution in [-0.2, 0) is 0 Å². The van der Waals surface area contributed by atoms with Gasteiger partial charge >= 0.3 is 0 Å². The Morgan fingerprint density at radius 1 is 1.37 bits per heavy atom. The monoisotopic (exact) mass is 331 g/mol. The molecule has 0 aliphatic heterocycles. The molecule has 0 spiro atoms. The number of halogens is 2. The second kappa shape index (κ2) is 7.36. The van der Waals surface area contributed by atoms with E-state index in [0.717, 1.165) is 17.3 Å². The number of rotatable bonds is 7. The molecule has 0 fully saturated rings. The average molecular weight is 332 g/mol. The number of aliphatic hydroxyl groups excluding tert-OH is 1. The molecule has 108 valence electrons. The first kappa shape index (κ1) is 16.6. The molecule has 0 saturated carbocycles. The van der Waals surface area contributed by atoms with Gasteiger partial charge in [0.1, 0.15) is 5.82 Å². The third-order valence-electron chi connectivity index (χ3n) is 4.04.